The van der Waals surface area contributed by atoms with Crippen molar-refractivity contribution < 1.29 is 19.1 Å². The summed E-state index contributed by atoms with van der Waals surface area (Å²) in [6.07, 6.45) is 11.3. The fourth-order valence-corrected chi connectivity index (χ4v) is 7.76. The molecule has 2 aliphatic rings. The van der Waals surface area contributed by atoms with Gasteiger partial charge in [-0.3, -0.25) is 19.4 Å². The predicted octanol–water partition coefficient (Wildman–Crippen LogP) is 7.77. The number of unbranched alkanes of at least 4 members (excludes halogenated alkanes) is 1. The molecule has 2 heterocycles. The van der Waals surface area contributed by atoms with E-state index in [9.17, 15) is 9.59 Å². The monoisotopic (exact) mass is 564 g/mol. The Kier molecular flexibility index (Phi) is 13.0. The van der Waals surface area contributed by atoms with E-state index in [0.29, 0.717) is 50.7 Å². The van der Waals surface area contributed by atoms with E-state index in [0.717, 1.165) is 38.8 Å². The van der Waals surface area contributed by atoms with Gasteiger partial charge in [0.25, 0.3) is 0 Å². The second-order valence-corrected chi connectivity index (χ2v) is 14.0. The summed E-state index contributed by atoms with van der Waals surface area (Å²) in [6, 6.07) is 0. The number of carbonyl (C=O) groups excluding carboxylic acids is 2. The maximum Gasteiger partial charge on any atom is 0.305 e. The topological polar surface area (TPSA) is 59.1 Å². The molecule has 0 bridgehead atoms. The van der Waals surface area contributed by atoms with E-state index >= 15 is 0 Å². The molecular formula is C34H64N2O4. The minimum absolute atomic E-state index is 0.131. The summed E-state index contributed by atoms with van der Waals surface area (Å²) in [4.78, 5) is 30.1. The highest BCUT2D eigenvalue weighted by Gasteiger charge is 2.49. The Labute approximate surface area is 247 Å². The molecule has 0 aliphatic carbocycles. The molecule has 234 valence electrons. The molecular weight excluding hydrogens is 500 g/mol. The lowest BCUT2D eigenvalue weighted by Crippen LogP contribution is -2.64. The summed E-state index contributed by atoms with van der Waals surface area (Å²) in [5, 5.41) is 0. The van der Waals surface area contributed by atoms with E-state index in [-0.39, 0.29) is 34.1 Å². The zero-order valence-corrected chi connectivity index (χ0v) is 28.0. The van der Waals surface area contributed by atoms with E-state index in [2.05, 4.69) is 79.0 Å². The fraction of sp³-hybridized carbons (Fsp3) is 0.941. The van der Waals surface area contributed by atoms with Gasteiger partial charge in [-0.05, 0) is 104 Å². The highest BCUT2D eigenvalue weighted by atomic mass is 16.5. The Balaban J connectivity index is 1.71. The fourth-order valence-electron chi connectivity index (χ4n) is 7.76. The molecule has 40 heavy (non-hydrogen) atoms. The number of rotatable bonds is 15. The Morgan fingerprint density at radius 1 is 0.650 bits per heavy atom. The van der Waals surface area contributed by atoms with Crippen molar-refractivity contribution in [2.45, 2.75) is 168 Å². The van der Waals surface area contributed by atoms with Crippen LogP contribution >= 0.6 is 0 Å². The lowest BCUT2D eigenvalue weighted by atomic mass is 9.69. The number of hydrogen-bond acceptors (Lipinski definition) is 6. The van der Waals surface area contributed by atoms with Gasteiger partial charge in [0.15, 0.2) is 0 Å². The van der Waals surface area contributed by atoms with Crippen molar-refractivity contribution in [1.29, 1.82) is 0 Å². The molecule has 2 aliphatic heterocycles. The molecule has 2 rings (SSSR count). The molecule has 0 radical (unpaired) electrons. The maximum atomic E-state index is 12.4. The molecule has 0 N–H and O–H groups in total. The molecule has 0 aromatic rings. The highest BCUT2D eigenvalue weighted by molar-refractivity contribution is 5.70. The van der Waals surface area contributed by atoms with Gasteiger partial charge >= 0.3 is 11.9 Å². The second-order valence-electron chi connectivity index (χ2n) is 14.0. The van der Waals surface area contributed by atoms with Crippen LogP contribution in [0.15, 0.2) is 0 Å². The van der Waals surface area contributed by atoms with Crippen LogP contribution in [0.1, 0.15) is 146 Å². The lowest BCUT2D eigenvalue weighted by molar-refractivity contribution is -0.149. The molecule has 6 heteroatoms. The number of esters is 2. The second kappa shape index (κ2) is 14.8. The zero-order chi connectivity index (χ0) is 30.2. The quantitative estimate of drug-likeness (QED) is 0.150. The van der Waals surface area contributed by atoms with E-state index in [1.807, 2.05) is 0 Å². The van der Waals surface area contributed by atoms with Gasteiger partial charge in [0, 0.05) is 48.1 Å². The standard InChI is InChI=1S/C34H64N2O4/c1-11-31(7)21-19-27(5)33(9,13-3)35(31)23-25-39-29(37)17-15-16-18-30(38)40-26-24-36-32(8,12-2)22-20-28(6)34(36,10)14-4/h27-28H,11-26H2,1-10H3. The van der Waals surface area contributed by atoms with Crippen LogP contribution in [0.5, 0.6) is 0 Å². The van der Waals surface area contributed by atoms with E-state index in [1.54, 1.807) is 0 Å². The average molecular weight is 565 g/mol. The number of nitrogens with zero attached hydrogens (tertiary/aromatic N) is 2. The molecule has 6 nitrogen and oxygen atoms in total. The summed E-state index contributed by atoms with van der Waals surface area (Å²) in [5.74, 6) is 0.935. The molecule has 0 aromatic heterocycles. The number of likely N-dealkylation sites (tertiary alicyclic amines) is 2. The van der Waals surface area contributed by atoms with Gasteiger partial charge in [0.1, 0.15) is 13.2 Å². The smallest absolute Gasteiger partial charge is 0.305 e. The van der Waals surface area contributed by atoms with Gasteiger partial charge in [0.2, 0.25) is 0 Å². The third-order valence-corrected chi connectivity index (χ3v) is 12.0. The SMILES string of the molecule is CCC1(C)CCC(C)C(C)(CC)N1CCOC(=O)CCCCC(=O)OCCN1C(C)(CC)CCC(C)C1(C)CC. The Morgan fingerprint density at radius 2 is 1.00 bits per heavy atom. The Morgan fingerprint density at radius 3 is 1.30 bits per heavy atom. The summed E-state index contributed by atoms with van der Waals surface area (Å²) in [7, 11) is 0. The molecule has 0 spiro atoms. The normalized spacial score (nSPS) is 35.5. The zero-order valence-electron chi connectivity index (χ0n) is 28.0. The van der Waals surface area contributed by atoms with Crippen LogP contribution in [0.4, 0.5) is 0 Å². The van der Waals surface area contributed by atoms with Crippen LogP contribution < -0.4 is 0 Å². The van der Waals surface area contributed by atoms with Gasteiger partial charge in [-0.25, -0.2) is 0 Å². The van der Waals surface area contributed by atoms with E-state index in [1.165, 1.54) is 25.7 Å². The Hall–Kier alpha value is -1.14. The molecule has 2 fully saturated rings. The largest absolute Gasteiger partial charge is 0.464 e. The summed E-state index contributed by atoms with van der Waals surface area (Å²) < 4.78 is 11.3. The third kappa shape index (κ3) is 7.82. The van der Waals surface area contributed by atoms with Gasteiger partial charge in [-0.15, -0.1) is 0 Å². The molecule has 0 amide bonds. The van der Waals surface area contributed by atoms with Gasteiger partial charge in [-0.1, -0.05) is 41.5 Å². The highest BCUT2D eigenvalue weighted by Crippen LogP contribution is 2.46. The van der Waals surface area contributed by atoms with Crippen molar-refractivity contribution in [3.8, 4) is 0 Å². The van der Waals surface area contributed by atoms with Crippen molar-refractivity contribution in [3.05, 3.63) is 0 Å². The molecule has 2 saturated heterocycles. The molecule has 6 unspecified atom stereocenters. The first-order chi connectivity index (χ1) is 18.8. The predicted molar refractivity (Wildman–Crippen MR) is 165 cm³/mol. The third-order valence-electron chi connectivity index (χ3n) is 12.0. The lowest BCUT2D eigenvalue weighted by Gasteiger charge is -2.58. The van der Waals surface area contributed by atoms with E-state index < -0.39 is 0 Å². The van der Waals surface area contributed by atoms with Crippen molar-refractivity contribution >= 4 is 11.9 Å². The van der Waals surface area contributed by atoms with Crippen LogP contribution in [0.25, 0.3) is 0 Å². The minimum Gasteiger partial charge on any atom is -0.464 e. The number of piperidine rings is 2. The van der Waals surface area contributed by atoms with Crippen LogP contribution in [0.3, 0.4) is 0 Å². The molecule has 0 saturated carbocycles. The first-order valence-electron chi connectivity index (χ1n) is 16.6. The van der Waals surface area contributed by atoms with E-state index in [4.69, 9.17) is 9.47 Å². The number of hydrogen-bond donors (Lipinski definition) is 0. The van der Waals surface area contributed by atoms with Gasteiger partial charge < -0.3 is 9.47 Å². The van der Waals surface area contributed by atoms with Gasteiger partial charge in [0.05, 0.1) is 0 Å². The minimum atomic E-state index is -0.160. The van der Waals surface area contributed by atoms with Crippen LogP contribution in [0, 0.1) is 11.8 Å². The van der Waals surface area contributed by atoms with Crippen molar-refractivity contribution in [2.75, 3.05) is 26.3 Å². The van der Waals surface area contributed by atoms with Crippen LogP contribution in [0.2, 0.25) is 0 Å². The summed E-state index contributed by atoms with van der Waals surface area (Å²) >= 11 is 0. The van der Waals surface area contributed by atoms with Crippen molar-refractivity contribution in [1.82, 2.24) is 9.80 Å². The summed E-state index contributed by atoms with van der Waals surface area (Å²) in [5.41, 5.74) is 0.569. The van der Waals surface area contributed by atoms with Crippen molar-refractivity contribution in [3.63, 3.8) is 0 Å². The van der Waals surface area contributed by atoms with Gasteiger partial charge in [-0.2, -0.15) is 0 Å². The maximum absolute atomic E-state index is 12.4. The first-order valence-corrected chi connectivity index (χ1v) is 16.6. The first kappa shape index (κ1) is 35.1. The summed E-state index contributed by atoms with van der Waals surface area (Å²) in [6.45, 7) is 25.7. The Bertz CT molecular complexity index is 754. The van der Waals surface area contributed by atoms with Crippen molar-refractivity contribution in [2.24, 2.45) is 11.8 Å². The molecule has 0 aromatic carbocycles. The number of carbonyl (C=O) groups is 2. The average Bonchev–Trinajstić information content (AvgIpc) is 2.94. The molecule has 6 atom stereocenters. The van der Waals surface area contributed by atoms with Crippen LogP contribution in [-0.4, -0.2) is 70.2 Å². The number of ether oxygens (including phenoxy) is 2. The van der Waals surface area contributed by atoms with Crippen LogP contribution in [-0.2, 0) is 19.1 Å².